The summed E-state index contributed by atoms with van der Waals surface area (Å²) in [4.78, 5) is 39.6. The van der Waals surface area contributed by atoms with E-state index in [1.54, 1.807) is 29.2 Å². The fourth-order valence-corrected chi connectivity index (χ4v) is 5.59. The van der Waals surface area contributed by atoms with Gasteiger partial charge >= 0.3 is 0 Å². The van der Waals surface area contributed by atoms with Crippen molar-refractivity contribution in [3.63, 3.8) is 0 Å². The third-order valence-corrected chi connectivity index (χ3v) is 7.73. The van der Waals surface area contributed by atoms with Crippen LogP contribution in [0.3, 0.4) is 0 Å². The Kier molecular flexibility index (Phi) is 10.8. The number of carbonyl (C=O) groups is 3. The third-order valence-electron chi connectivity index (χ3n) is 6.93. The number of amides is 2. The van der Waals surface area contributed by atoms with Gasteiger partial charge in [0.2, 0.25) is 18.6 Å². The number of rotatable bonds is 13. The lowest BCUT2D eigenvalue weighted by atomic mass is 9.87. The van der Waals surface area contributed by atoms with E-state index in [0.717, 1.165) is 5.56 Å². The molecule has 224 valence electrons. The van der Waals surface area contributed by atoms with Gasteiger partial charge in [-0.25, -0.2) is 0 Å². The lowest BCUT2D eigenvalue weighted by Gasteiger charge is -2.40. The molecule has 4 rings (SSSR count). The number of halogens is 1. The Morgan fingerprint density at radius 1 is 1.24 bits per heavy atom. The molecule has 2 amide bonds. The van der Waals surface area contributed by atoms with Crippen LogP contribution in [0.25, 0.3) is 0 Å². The third kappa shape index (κ3) is 7.23. The maximum Gasteiger partial charge on any atom is 0.247 e. The van der Waals surface area contributed by atoms with Gasteiger partial charge in [0.25, 0.3) is 0 Å². The first-order chi connectivity index (χ1) is 20.3. The SMILES string of the molecule is C=CCCC(=O)N(Cc1ccc2c(c1)OCO2)C1CC(C(=O)NCCO)=CC(Oc2c(I)cc(C=O)cc2OC)C1O. The Morgan fingerprint density at radius 2 is 2.02 bits per heavy atom. The number of carbonyl (C=O) groups excluding carboxylic acids is 3. The molecule has 2 aliphatic rings. The zero-order chi connectivity index (χ0) is 30.2. The van der Waals surface area contributed by atoms with E-state index in [0.29, 0.717) is 33.3 Å². The molecule has 3 unspecified atom stereocenters. The van der Waals surface area contributed by atoms with E-state index in [9.17, 15) is 24.6 Å². The van der Waals surface area contributed by atoms with Crippen LogP contribution < -0.4 is 24.3 Å². The Hall–Kier alpha value is -3.62. The number of fused-ring (bicyclic) bond motifs is 1. The van der Waals surface area contributed by atoms with Crippen LogP contribution in [0, 0.1) is 3.57 Å². The predicted molar refractivity (Wildman–Crippen MR) is 161 cm³/mol. The Labute approximate surface area is 257 Å². The maximum atomic E-state index is 13.6. The van der Waals surface area contributed by atoms with E-state index >= 15 is 0 Å². The topological polar surface area (TPSA) is 144 Å². The van der Waals surface area contributed by atoms with Crippen molar-refractivity contribution in [1.29, 1.82) is 0 Å². The average molecular weight is 693 g/mol. The first-order valence-corrected chi connectivity index (χ1v) is 14.4. The molecular weight excluding hydrogens is 659 g/mol. The van der Waals surface area contributed by atoms with Crippen LogP contribution in [-0.4, -0.2) is 78.5 Å². The van der Waals surface area contributed by atoms with Gasteiger partial charge < -0.3 is 39.4 Å². The van der Waals surface area contributed by atoms with Crippen molar-refractivity contribution in [3.8, 4) is 23.0 Å². The van der Waals surface area contributed by atoms with Gasteiger partial charge in [-0.1, -0.05) is 12.1 Å². The van der Waals surface area contributed by atoms with Crippen molar-refractivity contribution in [1.82, 2.24) is 10.2 Å². The van der Waals surface area contributed by atoms with Crippen LogP contribution in [0.5, 0.6) is 23.0 Å². The minimum Gasteiger partial charge on any atom is -0.493 e. The number of nitrogens with one attached hydrogen (secondary N) is 1. The summed E-state index contributed by atoms with van der Waals surface area (Å²) in [6.07, 6.45) is 2.17. The molecule has 3 atom stereocenters. The Balaban J connectivity index is 1.72. The molecule has 1 aliphatic heterocycles. The van der Waals surface area contributed by atoms with Crippen LogP contribution in [0.2, 0.25) is 0 Å². The molecule has 0 aromatic heterocycles. The second kappa shape index (κ2) is 14.5. The quantitative estimate of drug-likeness (QED) is 0.164. The van der Waals surface area contributed by atoms with Crippen molar-refractivity contribution >= 4 is 40.7 Å². The number of hydrogen-bond donors (Lipinski definition) is 3. The number of methoxy groups -OCH3 is 1. The Bertz CT molecular complexity index is 1360. The lowest BCUT2D eigenvalue weighted by molar-refractivity contribution is -0.139. The van der Waals surface area contributed by atoms with Crippen molar-refractivity contribution in [2.24, 2.45) is 0 Å². The van der Waals surface area contributed by atoms with E-state index in [1.807, 2.05) is 28.7 Å². The summed E-state index contributed by atoms with van der Waals surface area (Å²) in [6, 6.07) is 7.64. The molecule has 0 bridgehead atoms. The second-order valence-corrected chi connectivity index (χ2v) is 10.9. The lowest BCUT2D eigenvalue weighted by Crippen LogP contribution is -2.54. The van der Waals surface area contributed by atoms with Crippen LogP contribution >= 0.6 is 22.6 Å². The van der Waals surface area contributed by atoms with Crippen molar-refractivity contribution in [2.75, 3.05) is 27.1 Å². The van der Waals surface area contributed by atoms with Gasteiger partial charge in [0.05, 0.1) is 23.3 Å². The van der Waals surface area contributed by atoms with Gasteiger partial charge in [-0.15, -0.1) is 6.58 Å². The fraction of sp³-hybridized carbons (Fsp3) is 0.367. The van der Waals surface area contributed by atoms with Crippen LogP contribution in [-0.2, 0) is 16.1 Å². The number of nitrogens with zero attached hydrogens (tertiary/aromatic N) is 1. The number of ether oxygens (including phenoxy) is 4. The van der Waals surface area contributed by atoms with Crippen molar-refractivity contribution in [2.45, 2.75) is 44.1 Å². The molecule has 0 saturated heterocycles. The number of benzene rings is 2. The highest BCUT2D eigenvalue weighted by Crippen LogP contribution is 2.38. The summed E-state index contributed by atoms with van der Waals surface area (Å²) in [7, 11) is 1.43. The minimum atomic E-state index is -1.24. The number of allylic oxidation sites excluding steroid dienone is 1. The normalized spacial score (nSPS) is 19.0. The number of aldehydes is 1. The first kappa shape index (κ1) is 31.3. The largest absolute Gasteiger partial charge is 0.493 e. The van der Waals surface area contributed by atoms with E-state index in [-0.39, 0.29) is 62.3 Å². The summed E-state index contributed by atoms with van der Waals surface area (Å²) in [6.45, 7) is 3.73. The first-order valence-electron chi connectivity index (χ1n) is 13.4. The molecule has 1 heterocycles. The summed E-state index contributed by atoms with van der Waals surface area (Å²) in [5.74, 6) is 1.02. The van der Waals surface area contributed by atoms with Crippen LogP contribution in [0.15, 0.2) is 54.6 Å². The molecule has 2 aromatic carbocycles. The summed E-state index contributed by atoms with van der Waals surface area (Å²) >= 11 is 2.00. The van der Waals surface area contributed by atoms with Gasteiger partial charge in [-0.2, -0.15) is 0 Å². The van der Waals surface area contributed by atoms with Crippen molar-refractivity contribution in [3.05, 3.63) is 69.3 Å². The highest BCUT2D eigenvalue weighted by atomic mass is 127. The predicted octanol–water partition coefficient (Wildman–Crippen LogP) is 2.75. The standard InChI is InChI=1S/C30H33IN2O9/c1-3-4-5-27(36)33(15-18-6-7-23-24(11-18)41-17-40-23)22-13-20(30(38)32-8-9-34)14-25(28(22)37)42-29-21(31)10-19(16-35)12-26(29)39-2/h3,6-7,10-12,14,16,22,25,28,34,37H,1,4-5,8-9,13,15,17H2,2H3,(H,32,38). The highest BCUT2D eigenvalue weighted by molar-refractivity contribution is 14.1. The summed E-state index contributed by atoms with van der Waals surface area (Å²) in [5, 5.41) is 23.6. The van der Waals surface area contributed by atoms with Crippen LogP contribution in [0.1, 0.15) is 35.2 Å². The maximum absolute atomic E-state index is 13.6. The zero-order valence-electron chi connectivity index (χ0n) is 23.1. The van der Waals surface area contributed by atoms with Crippen molar-refractivity contribution < 1.29 is 43.5 Å². The molecule has 12 heteroatoms. The summed E-state index contributed by atoms with van der Waals surface area (Å²) in [5.41, 5.74) is 1.42. The molecule has 0 saturated carbocycles. The van der Waals surface area contributed by atoms with Gasteiger partial charge in [0, 0.05) is 37.1 Å². The molecule has 42 heavy (non-hydrogen) atoms. The van der Waals surface area contributed by atoms with E-state index in [2.05, 4.69) is 11.9 Å². The number of hydrogen-bond acceptors (Lipinski definition) is 9. The van der Waals surface area contributed by atoms with Crippen LogP contribution in [0.4, 0.5) is 0 Å². The zero-order valence-corrected chi connectivity index (χ0v) is 25.2. The molecule has 3 N–H and O–H groups in total. The average Bonchev–Trinajstić information content (AvgIpc) is 3.47. The molecule has 1 aliphatic carbocycles. The molecule has 0 radical (unpaired) electrons. The Morgan fingerprint density at radius 3 is 2.74 bits per heavy atom. The second-order valence-electron chi connectivity index (χ2n) is 9.70. The number of aliphatic hydroxyl groups excluding tert-OH is 2. The van der Waals surface area contributed by atoms with Gasteiger partial charge in [-0.05, 0) is 64.9 Å². The molecule has 2 aromatic rings. The molecule has 0 spiro atoms. The monoisotopic (exact) mass is 692 g/mol. The smallest absolute Gasteiger partial charge is 0.247 e. The number of aliphatic hydroxyl groups is 2. The van der Waals surface area contributed by atoms with Gasteiger partial charge in [0.15, 0.2) is 23.0 Å². The summed E-state index contributed by atoms with van der Waals surface area (Å²) < 4.78 is 23.2. The van der Waals surface area contributed by atoms with E-state index in [1.165, 1.54) is 19.3 Å². The molecule has 0 fully saturated rings. The van der Waals surface area contributed by atoms with Gasteiger partial charge in [0.1, 0.15) is 18.5 Å². The molecular formula is C30H33IN2O9. The minimum absolute atomic E-state index is 0.0347. The van der Waals surface area contributed by atoms with E-state index < -0.39 is 24.2 Å². The van der Waals surface area contributed by atoms with E-state index in [4.69, 9.17) is 18.9 Å². The molecule has 11 nitrogen and oxygen atoms in total. The fourth-order valence-electron chi connectivity index (χ4n) is 4.83. The van der Waals surface area contributed by atoms with Gasteiger partial charge in [-0.3, -0.25) is 14.4 Å². The highest BCUT2D eigenvalue weighted by Gasteiger charge is 2.41.